The predicted octanol–water partition coefficient (Wildman–Crippen LogP) is -2.18. The Balaban J connectivity index is 0. The Hall–Kier alpha value is -3.99. The van der Waals surface area contributed by atoms with Crippen molar-refractivity contribution >= 4 is 41.4 Å². The average molecular weight is 863 g/mol. The summed E-state index contributed by atoms with van der Waals surface area (Å²) in [5, 5.41) is 19.4. The molecule has 0 heterocycles. The molecule has 0 aromatic carbocycles. The minimum Gasteiger partial charge on any atom is -0.377 e. The van der Waals surface area contributed by atoms with E-state index in [1.165, 1.54) is 0 Å². The molecule has 0 saturated heterocycles. The fraction of sp³-hybridized carbons (Fsp3) is 0.821. The molecule has 0 bridgehead atoms. The van der Waals surface area contributed by atoms with E-state index in [0.717, 1.165) is 19.3 Å². The van der Waals surface area contributed by atoms with Gasteiger partial charge >= 0.3 is 0 Å². The summed E-state index contributed by atoms with van der Waals surface area (Å²) in [6.45, 7) is 7.25. The lowest BCUT2D eigenvalue weighted by Crippen LogP contribution is -2.41. The molecule has 0 aliphatic carbocycles. The van der Waals surface area contributed by atoms with E-state index in [2.05, 4.69) is 37.2 Å². The van der Waals surface area contributed by atoms with Crippen molar-refractivity contribution in [2.75, 3.05) is 99.7 Å². The normalized spacial score (nSPS) is 12.2. The molecule has 13 N–H and O–H groups in total. The molecule has 60 heavy (non-hydrogen) atoms. The van der Waals surface area contributed by atoms with Gasteiger partial charge in [0.05, 0.1) is 57.8 Å². The molecule has 21 nitrogen and oxygen atoms in total. The molecule has 0 aromatic rings. The number of hydrogen-bond donors (Lipinski definition) is 10. The first-order valence-electron chi connectivity index (χ1n) is 21.2. The van der Waals surface area contributed by atoms with Gasteiger partial charge in [0.15, 0.2) is 0 Å². The molecule has 0 aromatic heterocycles. The van der Waals surface area contributed by atoms with E-state index in [4.69, 9.17) is 36.1 Å². The first kappa shape index (κ1) is 58.1. The highest BCUT2D eigenvalue weighted by Crippen LogP contribution is 2.03. The SMILES string of the molecule is CC.CN[C@@H](CCCCNC(=O)COCCOCCNC(=O)COCCOCCNC(=O)CCCC(=O)NCCCC[C@H](N)C(=O)NCCCC[C@H](NC)C(N)=O)C(N)=O. The van der Waals surface area contributed by atoms with Gasteiger partial charge in [0.25, 0.3) is 0 Å². The molecule has 0 fully saturated rings. The standard InChI is InChI=1S/C37H72N10O11.C2H6/c1-41-29(35(39)52)11-4-7-16-44-33(50)26-57-24-23-56-21-19-46-34(51)27-58-25-22-55-20-18-45-32(49)14-9-13-31(48)43-15-6-3-10-28(38)37(54)47-17-8-5-12-30(42-2)36(40)53;1-2/h28-30,41-42H,3-27,38H2,1-2H3,(H2,39,52)(H2,40,53)(H,43,48)(H,44,50)(H,45,49)(H,46,51)(H,47,54);1-2H3/t28-,29-,30-;/m0./s1. The Bertz CT molecular complexity index is 1170. The van der Waals surface area contributed by atoms with Gasteiger partial charge in [-0.2, -0.15) is 0 Å². The highest BCUT2D eigenvalue weighted by molar-refractivity contribution is 5.82. The minimum absolute atomic E-state index is 0.0891. The summed E-state index contributed by atoms with van der Waals surface area (Å²) in [6, 6.07) is -1.38. The quantitative estimate of drug-likeness (QED) is 0.0293. The van der Waals surface area contributed by atoms with Crippen LogP contribution in [0, 0.1) is 0 Å². The smallest absolute Gasteiger partial charge is 0.246 e. The lowest BCUT2D eigenvalue weighted by molar-refractivity contribution is -0.127. The molecule has 0 unspecified atom stereocenters. The Labute approximate surface area is 356 Å². The van der Waals surface area contributed by atoms with Gasteiger partial charge in [-0.25, -0.2) is 0 Å². The third kappa shape index (κ3) is 37.0. The van der Waals surface area contributed by atoms with Crippen LogP contribution in [0.25, 0.3) is 0 Å². The second kappa shape index (κ2) is 41.7. The van der Waals surface area contributed by atoms with Crippen LogP contribution >= 0.6 is 0 Å². The predicted molar refractivity (Wildman–Crippen MR) is 227 cm³/mol. The van der Waals surface area contributed by atoms with E-state index < -0.39 is 17.9 Å². The largest absolute Gasteiger partial charge is 0.377 e. The van der Waals surface area contributed by atoms with Crippen LogP contribution in [0.5, 0.6) is 0 Å². The molecule has 0 rings (SSSR count). The maximum absolute atomic E-state index is 12.2. The van der Waals surface area contributed by atoms with Crippen LogP contribution < -0.4 is 54.4 Å². The number of carbonyl (C=O) groups is 7. The first-order chi connectivity index (χ1) is 28.9. The monoisotopic (exact) mass is 863 g/mol. The third-order valence-corrected chi connectivity index (χ3v) is 8.60. The number of rotatable bonds is 40. The van der Waals surface area contributed by atoms with Crippen LogP contribution in [0.2, 0.25) is 0 Å². The van der Waals surface area contributed by atoms with Crippen molar-refractivity contribution in [1.29, 1.82) is 0 Å². The third-order valence-electron chi connectivity index (χ3n) is 8.60. The van der Waals surface area contributed by atoms with E-state index in [9.17, 15) is 33.6 Å². The summed E-state index contributed by atoms with van der Waals surface area (Å²) in [5.74, 6) is -1.90. The topological polar surface area (TPSA) is 319 Å². The number of ether oxygens (including phenoxy) is 4. The van der Waals surface area contributed by atoms with Crippen LogP contribution in [-0.4, -0.2) is 159 Å². The highest BCUT2D eigenvalue weighted by Gasteiger charge is 2.15. The van der Waals surface area contributed by atoms with Crippen LogP contribution in [0.4, 0.5) is 0 Å². The van der Waals surface area contributed by atoms with Gasteiger partial charge in [-0.3, -0.25) is 33.6 Å². The average Bonchev–Trinajstić information content (AvgIpc) is 3.22. The van der Waals surface area contributed by atoms with Gasteiger partial charge in [-0.15, -0.1) is 0 Å². The van der Waals surface area contributed by atoms with Crippen LogP contribution in [0.3, 0.4) is 0 Å². The van der Waals surface area contributed by atoms with Crippen molar-refractivity contribution in [2.45, 2.75) is 109 Å². The number of primary amides is 2. The van der Waals surface area contributed by atoms with Gasteiger partial charge in [-0.1, -0.05) is 13.8 Å². The zero-order chi connectivity index (χ0) is 45.2. The van der Waals surface area contributed by atoms with E-state index >= 15 is 0 Å². The summed E-state index contributed by atoms with van der Waals surface area (Å²) in [4.78, 5) is 82.3. The Kier molecular flexibility index (Phi) is 40.4. The fourth-order valence-electron chi connectivity index (χ4n) is 5.21. The Morgan fingerprint density at radius 3 is 1.25 bits per heavy atom. The molecule has 0 radical (unpaired) electrons. The van der Waals surface area contributed by atoms with Gasteiger partial charge in [0.2, 0.25) is 41.4 Å². The highest BCUT2D eigenvalue weighted by atomic mass is 16.5. The van der Waals surface area contributed by atoms with Crippen LogP contribution in [0.15, 0.2) is 0 Å². The summed E-state index contributed by atoms with van der Waals surface area (Å²) < 4.78 is 21.3. The summed E-state index contributed by atoms with van der Waals surface area (Å²) in [7, 11) is 3.35. The lowest BCUT2D eigenvalue weighted by atomic mass is 10.1. The van der Waals surface area contributed by atoms with Crippen molar-refractivity contribution in [3.8, 4) is 0 Å². The van der Waals surface area contributed by atoms with Crippen molar-refractivity contribution in [2.24, 2.45) is 17.2 Å². The molecule has 0 spiro atoms. The number of likely N-dealkylation sites (N-methyl/N-ethyl adjacent to an activating group) is 2. The lowest BCUT2D eigenvalue weighted by Gasteiger charge is -2.14. The number of nitrogens with one attached hydrogen (secondary N) is 7. The molecule has 0 aliphatic heterocycles. The van der Waals surface area contributed by atoms with Gasteiger partial charge in [-0.05, 0) is 78.3 Å². The molecule has 0 saturated carbocycles. The summed E-state index contributed by atoms with van der Waals surface area (Å²) >= 11 is 0. The molecule has 3 atom stereocenters. The Morgan fingerprint density at radius 1 is 0.450 bits per heavy atom. The second-order valence-electron chi connectivity index (χ2n) is 13.5. The van der Waals surface area contributed by atoms with Gasteiger partial charge < -0.3 is 73.4 Å². The van der Waals surface area contributed by atoms with Crippen molar-refractivity contribution < 1.29 is 52.5 Å². The second-order valence-corrected chi connectivity index (χ2v) is 13.5. The van der Waals surface area contributed by atoms with Gasteiger partial charge in [0.1, 0.15) is 13.2 Å². The maximum atomic E-state index is 12.2. The number of nitrogens with two attached hydrogens (primary N) is 3. The summed E-state index contributed by atoms with van der Waals surface area (Å²) in [5.41, 5.74) is 16.5. The van der Waals surface area contributed by atoms with E-state index in [0.29, 0.717) is 71.1 Å². The molecule has 21 heteroatoms. The Morgan fingerprint density at radius 2 is 0.817 bits per heavy atom. The molecular weight excluding hydrogens is 784 g/mol. The van der Waals surface area contributed by atoms with Crippen molar-refractivity contribution in [1.82, 2.24) is 37.2 Å². The maximum Gasteiger partial charge on any atom is 0.246 e. The zero-order valence-electron chi connectivity index (χ0n) is 36.6. The molecule has 0 aliphatic rings. The number of amides is 7. The van der Waals surface area contributed by atoms with Crippen LogP contribution in [0.1, 0.15) is 90.9 Å². The fourth-order valence-corrected chi connectivity index (χ4v) is 5.21. The minimum atomic E-state index is -0.632. The number of carbonyl (C=O) groups excluding carboxylic acids is 7. The van der Waals surface area contributed by atoms with Crippen molar-refractivity contribution in [3.05, 3.63) is 0 Å². The first-order valence-corrected chi connectivity index (χ1v) is 21.2. The van der Waals surface area contributed by atoms with Crippen LogP contribution in [-0.2, 0) is 52.5 Å². The van der Waals surface area contributed by atoms with E-state index in [1.807, 2.05) is 13.8 Å². The van der Waals surface area contributed by atoms with E-state index in [-0.39, 0.29) is 114 Å². The zero-order valence-corrected chi connectivity index (χ0v) is 36.6. The molecule has 350 valence electrons. The van der Waals surface area contributed by atoms with E-state index in [1.54, 1.807) is 14.1 Å². The summed E-state index contributed by atoms with van der Waals surface area (Å²) in [6.07, 6.45) is 6.79. The van der Waals surface area contributed by atoms with Crippen molar-refractivity contribution in [3.63, 3.8) is 0 Å². The number of unbranched alkanes of at least 4 members (excludes halogenated alkanes) is 3. The molecule has 7 amide bonds. The van der Waals surface area contributed by atoms with Gasteiger partial charge in [0, 0.05) is 45.6 Å². The number of hydrogen-bond acceptors (Lipinski definition) is 14. The molecular formula is C39H78N10O11.